The zero-order valence-electron chi connectivity index (χ0n) is 17.5. The fourth-order valence-corrected chi connectivity index (χ4v) is 4.05. The van der Waals surface area contributed by atoms with Crippen LogP contribution in [-0.4, -0.2) is 45.3 Å². The number of carbonyl (C=O) groups is 1. The van der Waals surface area contributed by atoms with Gasteiger partial charge in [0.05, 0.1) is 17.6 Å². The Morgan fingerprint density at radius 3 is 2.56 bits per heavy atom. The third-order valence-corrected chi connectivity index (χ3v) is 5.66. The van der Waals surface area contributed by atoms with Crippen molar-refractivity contribution in [1.82, 2.24) is 20.2 Å². The van der Waals surface area contributed by atoms with Crippen LogP contribution in [0.2, 0.25) is 0 Å². The Hall–Kier alpha value is -3.84. The molecule has 1 N–H and O–H groups in total. The van der Waals surface area contributed by atoms with Crippen LogP contribution in [0.4, 0.5) is 5.82 Å². The fourth-order valence-electron chi connectivity index (χ4n) is 4.05. The Morgan fingerprint density at radius 1 is 0.969 bits per heavy atom. The molecule has 0 radical (unpaired) electrons. The second-order valence-electron chi connectivity index (χ2n) is 7.66. The lowest BCUT2D eigenvalue weighted by atomic mass is 10.0. The van der Waals surface area contributed by atoms with Crippen LogP contribution in [0.15, 0.2) is 79.3 Å². The molecular formula is C25H23N5O2. The fraction of sp³-hybridized carbons (Fsp3) is 0.200. The number of anilines is 1. The summed E-state index contributed by atoms with van der Waals surface area (Å²) in [6.07, 6.45) is 6.82. The number of benzene rings is 1. The van der Waals surface area contributed by atoms with Crippen molar-refractivity contribution in [2.75, 3.05) is 18.1 Å². The summed E-state index contributed by atoms with van der Waals surface area (Å²) in [7, 11) is 0. The van der Waals surface area contributed by atoms with Crippen LogP contribution >= 0.6 is 0 Å². The van der Waals surface area contributed by atoms with E-state index in [2.05, 4.69) is 20.2 Å². The molecule has 0 saturated carbocycles. The Balaban J connectivity index is 1.55. The molecule has 1 aromatic carbocycles. The molecule has 7 nitrogen and oxygen atoms in total. The number of hydrogen-bond acceptors (Lipinski definition) is 5. The quantitative estimate of drug-likeness (QED) is 0.514. The summed E-state index contributed by atoms with van der Waals surface area (Å²) >= 11 is 0. The maximum atomic E-state index is 13.5. The molecule has 7 heteroatoms. The maximum Gasteiger partial charge on any atom is 0.259 e. The van der Waals surface area contributed by atoms with Crippen LogP contribution in [-0.2, 0) is 4.74 Å². The lowest BCUT2D eigenvalue weighted by molar-refractivity contribution is 0.0770. The minimum atomic E-state index is -0.0562. The van der Waals surface area contributed by atoms with Gasteiger partial charge in [-0.3, -0.25) is 19.8 Å². The normalized spacial score (nSPS) is 14.2. The molecule has 3 aromatic heterocycles. The van der Waals surface area contributed by atoms with Gasteiger partial charge in [-0.2, -0.15) is 5.10 Å². The first-order valence-electron chi connectivity index (χ1n) is 10.7. The van der Waals surface area contributed by atoms with Crippen molar-refractivity contribution in [3.05, 3.63) is 84.8 Å². The number of amides is 1. The summed E-state index contributed by atoms with van der Waals surface area (Å²) in [4.78, 5) is 24.4. The number of pyridine rings is 2. The lowest BCUT2D eigenvalue weighted by Gasteiger charge is -2.33. The van der Waals surface area contributed by atoms with Crippen molar-refractivity contribution in [1.29, 1.82) is 0 Å². The summed E-state index contributed by atoms with van der Waals surface area (Å²) < 4.78 is 5.54. The van der Waals surface area contributed by atoms with E-state index in [0.29, 0.717) is 24.6 Å². The minimum absolute atomic E-state index is 0.0267. The number of aromatic amines is 1. The van der Waals surface area contributed by atoms with Crippen LogP contribution in [0, 0.1) is 0 Å². The molecule has 5 rings (SSSR count). The molecule has 0 atom stereocenters. The largest absolute Gasteiger partial charge is 0.381 e. The van der Waals surface area contributed by atoms with Gasteiger partial charge in [-0.05, 0) is 54.8 Å². The average molecular weight is 425 g/mol. The number of H-pyrrole nitrogens is 1. The number of nitrogens with zero attached hydrogens (tertiary/aromatic N) is 4. The number of ether oxygens (including phenoxy) is 1. The van der Waals surface area contributed by atoms with Crippen molar-refractivity contribution < 1.29 is 9.53 Å². The highest BCUT2D eigenvalue weighted by Crippen LogP contribution is 2.32. The highest BCUT2D eigenvalue weighted by atomic mass is 16.5. The lowest BCUT2D eigenvalue weighted by Crippen LogP contribution is -2.44. The average Bonchev–Trinajstić information content (AvgIpc) is 3.36. The van der Waals surface area contributed by atoms with E-state index in [1.54, 1.807) is 18.6 Å². The zero-order chi connectivity index (χ0) is 21.8. The second-order valence-corrected chi connectivity index (χ2v) is 7.66. The molecule has 1 amide bonds. The molecule has 4 heterocycles. The summed E-state index contributed by atoms with van der Waals surface area (Å²) in [6, 6.07) is 19.0. The van der Waals surface area contributed by atoms with Crippen LogP contribution in [0.25, 0.3) is 22.5 Å². The number of aromatic nitrogens is 4. The molecule has 0 unspecified atom stereocenters. The molecule has 1 fully saturated rings. The van der Waals surface area contributed by atoms with Gasteiger partial charge in [0.2, 0.25) is 0 Å². The topological polar surface area (TPSA) is 84.0 Å². The first-order chi connectivity index (χ1) is 15.8. The Labute approximate surface area is 186 Å². The summed E-state index contributed by atoms with van der Waals surface area (Å²) in [5.74, 6) is 0.565. The molecule has 160 valence electrons. The zero-order valence-corrected chi connectivity index (χ0v) is 17.5. The van der Waals surface area contributed by atoms with Crippen molar-refractivity contribution in [3.8, 4) is 22.5 Å². The second kappa shape index (κ2) is 9.11. The first kappa shape index (κ1) is 20.1. The Morgan fingerprint density at radius 2 is 1.78 bits per heavy atom. The van der Waals surface area contributed by atoms with Gasteiger partial charge in [0.1, 0.15) is 5.82 Å². The number of rotatable bonds is 5. The van der Waals surface area contributed by atoms with Crippen molar-refractivity contribution in [2.45, 2.75) is 18.9 Å². The third kappa shape index (κ3) is 4.02. The third-order valence-electron chi connectivity index (χ3n) is 5.66. The van der Waals surface area contributed by atoms with Crippen LogP contribution in [0.5, 0.6) is 0 Å². The van der Waals surface area contributed by atoms with E-state index in [1.165, 1.54) is 0 Å². The first-order valence-corrected chi connectivity index (χ1v) is 10.7. The van der Waals surface area contributed by atoms with Crippen molar-refractivity contribution >= 4 is 11.7 Å². The van der Waals surface area contributed by atoms with E-state index in [1.807, 2.05) is 65.6 Å². The van der Waals surface area contributed by atoms with Crippen LogP contribution < -0.4 is 4.90 Å². The molecular weight excluding hydrogens is 402 g/mol. The van der Waals surface area contributed by atoms with Gasteiger partial charge in [-0.1, -0.05) is 24.3 Å². The predicted molar refractivity (Wildman–Crippen MR) is 122 cm³/mol. The van der Waals surface area contributed by atoms with Gasteiger partial charge < -0.3 is 4.74 Å². The molecule has 0 spiro atoms. The highest BCUT2D eigenvalue weighted by molar-refractivity contribution is 6.06. The van der Waals surface area contributed by atoms with Crippen molar-refractivity contribution in [2.24, 2.45) is 0 Å². The Bertz CT molecular complexity index is 1190. The van der Waals surface area contributed by atoms with Gasteiger partial charge in [-0.25, -0.2) is 4.98 Å². The Kier molecular flexibility index (Phi) is 5.72. The molecule has 1 saturated heterocycles. The number of carbonyl (C=O) groups excluding carboxylic acids is 1. The standard InChI is InChI=1S/C25H23N5O2/c31-25(18-6-2-1-3-7-18)30(20-10-14-32-15-11-20)23-16-19(9-13-27-23)21-17-28-29-24(21)22-8-4-5-12-26-22/h1-9,12-13,16-17,20H,10-11,14-15H2,(H,28,29). The summed E-state index contributed by atoms with van der Waals surface area (Å²) in [6.45, 7) is 1.27. The molecule has 0 bridgehead atoms. The van der Waals surface area contributed by atoms with Crippen molar-refractivity contribution in [3.63, 3.8) is 0 Å². The van der Waals surface area contributed by atoms with E-state index in [-0.39, 0.29) is 11.9 Å². The molecule has 1 aliphatic rings. The molecule has 4 aromatic rings. The van der Waals surface area contributed by atoms with Gasteiger partial charge in [-0.15, -0.1) is 0 Å². The molecule has 1 aliphatic heterocycles. The van der Waals surface area contributed by atoms with Gasteiger partial charge in [0.25, 0.3) is 5.91 Å². The molecule has 0 aliphatic carbocycles. The highest BCUT2D eigenvalue weighted by Gasteiger charge is 2.29. The number of hydrogen-bond donors (Lipinski definition) is 1. The molecule has 32 heavy (non-hydrogen) atoms. The van der Waals surface area contributed by atoms with Gasteiger partial charge in [0, 0.05) is 42.8 Å². The van der Waals surface area contributed by atoms with Gasteiger partial charge >= 0.3 is 0 Å². The summed E-state index contributed by atoms with van der Waals surface area (Å²) in [5, 5.41) is 7.29. The SMILES string of the molecule is O=C(c1ccccc1)N(c1cc(-c2cn[nH]c2-c2ccccn2)ccn1)C1CCOCC1. The maximum absolute atomic E-state index is 13.5. The number of nitrogens with one attached hydrogen (secondary N) is 1. The van der Waals surface area contributed by atoms with Crippen LogP contribution in [0.1, 0.15) is 23.2 Å². The monoisotopic (exact) mass is 425 g/mol. The van der Waals surface area contributed by atoms with E-state index < -0.39 is 0 Å². The van der Waals surface area contributed by atoms with E-state index >= 15 is 0 Å². The smallest absolute Gasteiger partial charge is 0.259 e. The van der Waals surface area contributed by atoms with E-state index in [9.17, 15) is 4.79 Å². The predicted octanol–water partition coefficient (Wildman–Crippen LogP) is 4.36. The van der Waals surface area contributed by atoms with E-state index in [4.69, 9.17) is 4.74 Å². The summed E-state index contributed by atoms with van der Waals surface area (Å²) in [5.41, 5.74) is 4.10. The van der Waals surface area contributed by atoms with Crippen LogP contribution in [0.3, 0.4) is 0 Å². The van der Waals surface area contributed by atoms with E-state index in [0.717, 1.165) is 35.4 Å². The minimum Gasteiger partial charge on any atom is -0.381 e. The van der Waals surface area contributed by atoms with Gasteiger partial charge in [0.15, 0.2) is 0 Å².